The molecule has 0 aliphatic carbocycles. The number of hydrogen-bond acceptors (Lipinski definition) is 8. The third kappa shape index (κ3) is 32.2. The molecule has 0 saturated heterocycles. The molecule has 3 unspecified atom stereocenters. The Balaban J connectivity index is 4.41. The first-order valence-electron chi connectivity index (χ1n) is 17.8. The molecule has 4 N–H and O–H groups in total. The predicted molar refractivity (Wildman–Crippen MR) is 194 cm³/mol. The maximum Gasteiger partial charge on any atom is 0.472 e. The number of phosphoric ester groups is 1. The van der Waals surface area contributed by atoms with Gasteiger partial charge in [-0.05, 0) is 70.6 Å². The molecule has 11 heteroatoms. The van der Waals surface area contributed by atoms with Crippen LogP contribution < -0.4 is 5.73 Å². The van der Waals surface area contributed by atoms with Crippen LogP contribution >= 0.6 is 7.82 Å². The number of ether oxygens (including phenoxy) is 2. The molecule has 0 radical (unpaired) electrons. The van der Waals surface area contributed by atoms with Crippen molar-refractivity contribution >= 4 is 19.8 Å². The Morgan fingerprint density at radius 3 is 1.83 bits per heavy atom. The minimum absolute atomic E-state index is 0.0111. The summed E-state index contributed by atoms with van der Waals surface area (Å²) in [6.07, 6.45) is 37.2. The molecule has 10 nitrogen and oxygen atoms in total. The molecule has 0 bridgehead atoms. The van der Waals surface area contributed by atoms with Gasteiger partial charge in [0.2, 0.25) is 0 Å². The molecule has 0 saturated carbocycles. The van der Waals surface area contributed by atoms with Crippen LogP contribution in [-0.2, 0) is 32.7 Å². The minimum Gasteiger partial charge on any atom is -0.480 e. The van der Waals surface area contributed by atoms with Gasteiger partial charge in [-0.25, -0.2) is 4.57 Å². The van der Waals surface area contributed by atoms with Crippen LogP contribution in [0.3, 0.4) is 0 Å². The standard InChI is InChI=1S/C37H64NO9P/c1-3-5-7-9-11-13-15-16-17-18-19-20-22-24-26-28-30-44-31-34(32-45-48(42,43)46-33-35(38)37(40)41)47-36(39)29-27-25-23-21-14-12-10-8-6-4-2/h5,7-8,10-11,13,16-17,19-20,34-35H,3-4,6,9,12,14-15,18,21-33,38H2,1-2H3,(H,40,41)(H,42,43)/b7-5-,10-8-,13-11-,17-16-,20-19-. The smallest absolute Gasteiger partial charge is 0.472 e. The number of rotatable bonds is 33. The molecule has 0 aliphatic rings. The number of phosphoric acid groups is 1. The van der Waals surface area contributed by atoms with E-state index >= 15 is 0 Å². The van der Waals surface area contributed by atoms with Gasteiger partial charge in [-0.3, -0.25) is 18.6 Å². The lowest BCUT2D eigenvalue weighted by atomic mass is 10.1. The molecule has 0 aromatic carbocycles. The third-order valence-electron chi connectivity index (χ3n) is 7.01. The molecule has 0 aromatic rings. The summed E-state index contributed by atoms with van der Waals surface area (Å²) >= 11 is 0. The largest absolute Gasteiger partial charge is 0.480 e. The molecule has 0 fully saturated rings. The molecule has 0 spiro atoms. The Morgan fingerprint density at radius 2 is 1.21 bits per heavy atom. The van der Waals surface area contributed by atoms with Gasteiger partial charge in [0, 0.05) is 13.0 Å². The average molecular weight is 698 g/mol. The Morgan fingerprint density at radius 1 is 0.688 bits per heavy atom. The van der Waals surface area contributed by atoms with Crippen LogP contribution in [0.1, 0.15) is 123 Å². The van der Waals surface area contributed by atoms with Gasteiger partial charge in [0.25, 0.3) is 0 Å². The molecular weight excluding hydrogens is 633 g/mol. The van der Waals surface area contributed by atoms with Gasteiger partial charge in [0.1, 0.15) is 12.1 Å². The lowest BCUT2D eigenvalue weighted by Crippen LogP contribution is -2.34. The highest BCUT2D eigenvalue weighted by atomic mass is 31.2. The molecule has 276 valence electrons. The number of unbranched alkanes of at least 4 members (excludes halogenated alkanes) is 9. The number of carbonyl (C=O) groups excluding carboxylic acids is 1. The van der Waals surface area contributed by atoms with Gasteiger partial charge in [-0.2, -0.15) is 0 Å². The first-order valence-corrected chi connectivity index (χ1v) is 19.3. The fraction of sp³-hybridized carbons (Fsp3) is 0.676. The molecule has 0 aromatic heterocycles. The predicted octanol–water partition coefficient (Wildman–Crippen LogP) is 8.91. The zero-order chi connectivity index (χ0) is 35.6. The summed E-state index contributed by atoms with van der Waals surface area (Å²) in [4.78, 5) is 33.3. The summed E-state index contributed by atoms with van der Waals surface area (Å²) in [6, 6.07) is -1.48. The minimum atomic E-state index is -4.62. The van der Waals surface area contributed by atoms with E-state index in [0.29, 0.717) is 13.0 Å². The van der Waals surface area contributed by atoms with E-state index in [4.69, 9.17) is 24.8 Å². The number of carbonyl (C=O) groups is 2. The summed E-state index contributed by atoms with van der Waals surface area (Å²) in [5.41, 5.74) is 5.32. The van der Waals surface area contributed by atoms with Crippen molar-refractivity contribution in [2.24, 2.45) is 5.73 Å². The molecule has 0 amide bonds. The number of allylic oxidation sites excluding steroid dienone is 10. The van der Waals surface area contributed by atoms with E-state index in [2.05, 4.69) is 79.1 Å². The highest BCUT2D eigenvalue weighted by molar-refractivity contribution is 7.47. The maximum atomic E-state index is 12.5. The number of nitrogens with two attached hydrogens (primary N) is 1. The Kier molecular flexibility index (Phi) is 31.6. The second-order valence-electron chi connectivity index (χ2n) is 11.6. The summed E-state index contributed by atoms with van der Waals surface area (Å²) in [6.45, 7) is 3.57. The van der Waals surface area contributed by atoms with Gasteiger partial charge in [-0.15, -0.1) is 0 Å². The number of aliphatic carboxylic acids is 1. The molecule has 0 rings (SSSR count). The fourth-order valence-electron chi connectivity index (χ4n) is 4.24. The van der Waals surface area contributed by atoms with Crippen molar-refractivity contribution in [1.82, 2.24) is 0 Å². The SMILES string of the molecule is CC/C=C\C/C=C\C/C=C\C/C=C\CCCCCOCC(COP(=O)(O)OCC(N)C(=O)O)OC(=O)CCCCCCC/C=C\CCC. The number of carboxylic acid groups (broad SMARTS) is 1. The van der Waals surface area contributed by atoms with Gasteiger partial charge in [0.05, 0.1) is 19.8 Å². The topological polar surface area (TPSA) is 155 Å². The number of hydrogen-bond donors (Lipinski definition) is 3. The summed E-state index contributed by atoms with van der Waals surface area (Å²) in [5, 5.41) is 8.84. The molecule has 0 heterocycles. The highest BCUT2D eigenvalue weighted by Gasteiger charge is 2.27. The molecule has 3 atom stereocenters. The highest BCUT2D eigenvalue weighted by Crippen LogP contribution is 2.43. The van der Waals surface area contributed by atoms with Crippen molar-refractivity contribution < 1.29 is 42.7 Å². The van der Waals surface area contributed by atoms with Crippen LogP contribution in [0, 0.1) is 0 Å². The Hall–Kier alpha value is -2.33. The van der Waals surface area contributed by atoms with Crippen molar-refractivity contribution in [3.05, 3.63) is 60.8 Å². The van der Waals surface area contributed by atoms with Crippen LogP contribution in [0.4, 0.5) is 0 Å². The van der Waals surface area contributed by atoms with Crippen molar-refractivity contribution in [2.45, 2.75) is 135 Å². The first kappa shape index (κ1) is 45.7. The van der Waals surface area contributed by atoms with Crippen molar-refractivity contribution in [3.63, 3.8) is 0 Å². The normalized spacial score (nSPS) is 14.9. The third-order valence-corrected chi connectivity index (χ3v) is 7.96. The van der Waals surface area contributed by atoms with Crippen LogP contribution in [0.5, 0.6) is 0 Å². The average Bonchev–Trinajstić information content (AvgIpc) is 3.06. The fourth-order valence-corrected chi connectivity index (χ4v) is 5.02. The Labute approximate surface area is 290 Å². The molecule has 48 heavy (non-hydrogen) atoms. The van der Waals surface area contributed by atoms with E-state index in [0.717, 1.165) is 96.3 Å². The van der Waals surface area contributed by atoms with E-state index in [9.17, 15) is 19.0 Å². The van der Waals surface area contributed by atoms with Crippen LogP contribution in [-0.4, -0.2) is 60.5 Å². The van der Waals surface area contributed by atoms with Crippen LogP contribution in [0.25, 0.3) is 0 Å². The number of carboxylic acids is 1. The Bertz CT molecular complexity index is 993. The van der Waals surface area contributed by atoms with Crippen molar-refractivity contribution in [1.29, 1.82) is 0 Å². The van der Waals surface area contributed by atoms with Crippen LogP contribution in [0.2, 0.25) is 0 Å². The van der Waals surface area contributed by atoms with Gasteiger partial charge in [0.15, 0.2) is 0 Å². The van der Waals surface area contributed by atoms with Gasteiger partial charge >= 0.3 is 19.8 Å². The number of esters is 1. The summed E-state index contributed by atoms with van der Waals surface area (Å²) in [7, 11) is -4.62. The summed E-state index contributed by atoms with van der Waals surface area (Å²) < 4.78 is 33.1. The quantitative estimate of drug-likeness (QED) is 0.0262. The second-order valence-corrected chi connectivity index (χ2v) is 13.1. The zero-order valence-corrected chi connectivity index (χ0v) is 30.4. The second kappa shape index (κ2) is 33.2. The lowest BCUT2D eigenvalue weighted by molar-refractivity contribution is -0.154. The van der Waals surface area contributed by atoms with Crippen LogP contribution in [0.15, 0.2) is 60.8 Å². The van der Waals surface area contributed by atoms with Gasteiger partial charge < -0.3 is 25.2 Å². The molecule has 0 aliphatic heterocycles. The first-order chi connectivity index (χ1) is 23.2. The van der Waals surface area contributed by atoms with E-state index in [-0.39, 0.29) is 13.0 Å². The summed E-state index contributed by atoms with van der Waals surface area (Å²) in [5.74, 6) is -1.81. The van der Waals surface area contributed by atoms with Gasteiger partial charge in [-0.1, -0.05) is 107 Å². The van der Waals surface area contributed by atoms with Crippen molar-refractivity contribution in [3.8, 4) is 0 Å². The zero-order valence-electron chi connectivity index (χ0n) is 29.6. The maximum absolute atomic E-state index is 12.5. The van der Waals surface area contributed by atoms with E-state index in [1.165, 1.54) is 0 Å². The van der Waals surface area contributed by atoms with E-state index < -0.39 is 45.1 Å². The van der Waals surface area contributed by atoms with E-state index in [1.54, 1.807) is 0 Å². The molecular formula is C37H64NO9P. The van der Waals surface area contributed by atoms with Crippen molar-refractivity contribution in [2.75, 3.05) is 26.4 Å². The monoisotopic (exact) mass is 697 g/mol. The van der Waals surface area contributed by atoms with E-state index in [1.807, 2.05) is 0 Å². The lowest BCUT2D eigenvalue weighted by Gasteiger charge is -2.20.